The topological polar surface area (TPSA) is 411 Å². The minimum absolute atomic E-state index is 0.140. The van der Waals surface area contributed by atoms with E-state index in [0.717, 1.165) is 0 Å². The zero-order valence-corrected chi connectivity index (χ0v) is 24.7. The van der Waals surface area contributed by atoms with Crippen molar-refractivity contribution in [1.29, 1.82) is 0 Å². The third-order valence-corrected chi connectivity index (χ3v) is 7.34. The van der Waals surface area contributed by atoms with Crippen LogP contribution in [0.2, 0.25) is 0 Å². The predicted octanol–water partition coefficient (Wildman–Crippen LogP) is -8.81. The molecule has 45 heavy (non-hydrogen) atoms. The molecule has 2 aliphatic heterocycles. The Kier molecular flexibility index (Phi) is 13.3. The van der Waals surface area contributed by atoms with Crippen molar-refractivity contribution >= 4 is 28.6 Å². The molecule has 0 amide bonds. The lowest BCUT2D eigenvalue weighted by molar-refractivity contribution is -0.314. The normalized spacial score (nSPS) is 43.4. The molecule has 18 N–H and O–H groups in total. The first-order chi connectivity index (χ1) is 20.7. The van der Waals surface area contributed by atoms with E-state index in [9.17, 15) is 40.5 Å². The number of nitrogens with zero attached hydrogens (tertiary/aromatic N) is 2. The number of guanidine groups is 2. The smallest absolute Gasteiger partial charge is 0.394 e. The zero-order valence-electron chi connectivity index (χ0n) is 23.9. The lowest BCUT2D eigenvalue weighted by Crippen LogP contribution is -2.66. The summed E-state index contributed by atoms with van der Waals surface area (Å²) in [7, 11) is -3.25. The van der Waals surface area contributed by atoms with Gasteiger partial charge < -0.3 is 82.9 Å². The summed E-state index contributed by atoms with van der Waals surface area (Å²) in [5.74, 6) is -1.03. The van der Waals surface area contributed by atoms with Gasteiger partial charge in [-0.3, -0.25) is 13.9 Å². The van der Waals surface area contributed by atoms with Crippen molar-refractivity contribution in [1.82, 2.24) is 5.32 Å². The Labute approximate surface area is 256 Å². The number of aldehydes is 1. The van der Waals surface area contributed by atoms with Crippen LogP contribution < -0.4 is 28.3 Å². The molecular weight excluding hydrogens is 638 g/mol. The maximum absolute atomic E-state index is 12.1. The summed E-state index contributed by atoms with van der Waals surface area (Å²) in [5.41, 5.74) is 19.4. The fraction of sp³-hybridized carbons (Fsp3) is 0.857. The highest BCUT2D eigenvalue weighted by Gasteiger charge is 2.60. The second-order valence-corrected chi connectivity index (χ2v) is 11.2. The van der Waals surface area contributed by atoms with Crippen LogP contribution in [0.4, 0.5) is 0 Å². The quantitative estimate of drug-likeness (QED) is 0.0465. The van der Waals surface area contributed by atoms with E-state index in [1.807, 2.05) is 0 Å². The number of carbonyl (C=O) groups excluding carboxylic acids is 1. The summed E-state index contributed by atoms with van der Waals surface area (Å²) in [6, 6.07) is -4.08. The summed E-state index contributed by atoms with van der Waals surface area (Å²) in [4.78, 5) is 19.7. The van der Waals surface area contributed by atoms with Gasteiger partial charge in [0.1, 0.15) is 60.9 Å². The lowest BCUT2D eigenvalue weighted by Gasteiger charge is -2.45. The molecule has 0 bridgehead atoms. The second-order valence-electron chi connectivity index (χ2n) is 10.3. The van der Waals surface area contributed by atoms with Crippen LogP contribution in [-0.4, -0.2) is 176 Å². The van der Waals surface area contributed by atoms with Crippen molar-refractivity contribution < 1.29 is 77.0 Å². The van der Waals surface area contributed by atoms with Crippen LogP contribution in [0, 0.1) is 0 Å². The van der Waals surface area contributed by atoms with E-state index >= 15 is 0 Å². The summed E-state index contributed by atoms with van der Waals surface area (Å²) in [5, 5.41) is 76.6. The number of nitrogens with one attached hydrogen (secondary N) is 1. The standard InChI is InChI=1S/C21H39N7O12.H2O4S/c1-5-21(36,4-30)16(40-17-9(26-2)13(34)10(31)6(3-29)38-17)18(37-5)39-15-8(28-20(24)25)11(32)7(27-19(22)23)12(33)14(15)35;1-5(2,3)4/h4-18,26,29,31-36H,3H2,1-2H3,(H4,22,23,27)(H4,24,25,28);(H2,1,2,3,4)/t5-,6?,7?,8?,9?,10?,11?,12?,13?,14?,15?,16+,17?,18-,21?;/m0./s1. The highest BCUT2D eigenvalue weighted by atomic mass is 32.3. The van der Waals surface area contributed by atoms with Crippen molar-refractivity contribution in [2.24, 2.45) is 32.9 Å². The molecule has 0 spiro atoms. The first-order valence-electron chi connectivity index (χ1n) is 13.1. The molecular formula is C21H41N7O16S. The van der Waals surface area contributed by atoms with Gasteiger partial charge in [-0.05, 0) is 14.0 Å². The van der Waals surface area contributed by atoms with Crippen molar-refractivity contribution in [2.45, 2.75) is 98.2 Å². The van der Waals surface area contributed by atoms with Crippen LogP contribution in [-0.2, 0) is 34.1 Å². The van der Waals surface area contributed by atoms with Gasteiger partial charge >= 0.3 is 10.4 Å². The molecule has 15 atom stereocenters. The van der Waals surface area contributed by atoms with E-state index in [4.69, 9.17) is 59.4 Å². The van der Waals surface area contributed by atoms with Gasteiger partial charge in [0, 0.05) is 0 Å². The molecule has 2 saturated heterocycles. The minimum Gasteiger partial charge on any atom is -0.394 e. The fourth-order valence-corrected chi connectivity index (χ4v) is 5.08. The molecule has 24 heteroatoms. The number of likely N-dealkylation sites (N-methyl/N-ethyl adjacent to an activating group) is 1. The first-order valence-corrected chi connectivity index (χ1v) is 14.5. The number of hydrogen-bond acceptors (Lipinski definition) is 17. The van der Waals surface area contributed by atoms with Crippen LogP contribution in [0.5, 0.6) is 0 Å². The summed E-state index contributed by atoms with van der Waals surface area (Å²) < 4.78 is 54.5. The maximum atomic E-state index is 12.1. The zero-order chi connectivity index (χ0) is 34.6. The third-order valence-electron chi connectivity index (χ3n) is 7.34. The molecule has 0 aromatic heterocycles. The van der Waals surface area contributed by atoms with Crippen LogP contribution in [0.3, 0.4) is 0 Å². The van der Waals surface area contributed by atoms with Gasteiger partial charge in [-0.1, -0.05) is 0 Å². The average Bonchev–Trinajstić information content (AvgIpc) is 3.16. The Balaban J connectivity index is 0.00000130. The van der Waals surface area contributed by atoms with E-state index in [1.54, 1.807) is 0 Å². The maximum Gasteiger partial charge on any atom is 0.394 e. The highest BCUT2D eigenvalue weighted by Crippen LogP contribution is 2.38. The monoisotopic (exact) mass is 679 g/mol. The SMILES string of the molecule is CNC1C(O[C@@H]2[C@H](OC3C(O)C(O)C(N=C(N)N)C(O)C3N=C(N)N)O[C@@H](C)C2(O)C=O)OC(CO)C(O)C1O.O=S(=O)(O)O. The first kappa shape index (κ1) is 38.8. The minimum atomic E-state index is -4.67. The molecule has 23 nitrogen and oxygen atoms in total. The van der Waals surface area contributed by atoms with E-state index < -0.39 is 120 Å². The highest BCUT2D eigenvalue weighted by molar-refractivity contribution is 7.79. The fourth-order valence-electron chi connectivity index (χ4n) is 5.08. The Morgan fingerprint density at radius 1 is 0.889 bits per heavy atom. The molecule has 3 aliphatic rings. The number of carbonyl (C=O) groups is 1. The summed E-state index contributed by atoms with van der Waals surface area (Å²) >= 11 is 0. The molecule has 0 aromatic carbocycles. The average molecular weight is 680 g/mol. The lowest BCUT2D eigenvalue weighted by atomic mass is 9.81. The van der Waals surface area contributed by atoms with Gasteiger partial charge in [0.25, 0.3) is 0 Å². The van der Waals surface area contributed by atoms with Crippen molar-refractivity contribution in [3.8, 4) is 0 Å². The molecule has 2 heterocycles. The molecule has 3 rings (SSSR count). The van der Waals surface area contributed by atoms with Crippen LogP contribution in [0.15, 0.2) is 9.98 Å². The van der Waals surface area contributed by atoms with Gasteiger partial charge in [-0.15, -0.1) is 0 Å². The second kappa shape index (κ2) is 15.5. The Bertz CT molecular complexity index is 1150. The Morgan fingerprint density at radius 3 is 1.89 bits per heavy atom. The Morgan fingerprint density at radius 2 is 1.42 bits per heavy atom. The molecule has 0 radical (unpaired) electrons. The van der Waals surface area contributed by atoms with E-state index in [1.165, 1.54) is 14.0 Å². The van der Waals surface area contributed by atoms with Crippen LogP contribution in [0.25, 0.3) is 0 Å². The molecule has 0 aromatic rings. The van der Waals surface area contributed by atoms with E-state index in [0.29, 0.717) is 0 Å². The van der Waals surface area contributed by atoms with Crippen molar-refractivity contribution in [3.63, 3.8) is 0 Å². The van der Waals surface area contributed by atoms with Crippen LogP contribution in [0.1, 0.15) is 6.92 Å². The number of aliphatic hydroxyl groups is 7. The molecule has 12 unspecified atom stereocenters. The summed E-state index contributed by atoms with van der Waals surface area (Å²) in [6.45, 7) is 0.620. The van der Waals surface area contributed by atoms with E-state index in [-0.39, 0.29) is 6.29 Å². The number of hydrogen-bond donors (Lipinski definition) is 14. The van der Waals surface area contributed by atoms with Crippen molar-refractivity contribution in [3.05, 3.63) is 0 Å². The molecule has 1 saturated carbocycles. The van der Waals surface area contributed by atoms with Gasteiger partial charge in [0.2, 0.25) is 0 Å². The number of aliphatic imine (C=N–C) groups is 2. The Hall–Kier alpha value is -2.40. The predicted molar refractivity (Wildman–Crippen MR) is 147 cm³/mol. The van der Waals surface area contributed by atoms with E-state index in [2.05, 4.69) is 15.3 Å². The number of aliphatic hydroxyl groups excluding tert-OH is 6. The molecule has 3 fully saturated rings. The van der Waals surface area contributed by atoms with Gasteiger partial charge in [0.15, 0.2) is 36.4 Å². The van der Waals surface area contributed by atoms with Gasteiger partial charge in [-0.25, -0.2) is 9.98 Å². The molecule has 1 aliphatic carbocycles. The molecule has 262 valence electrons. The van der Waals surface area contributed by atoms with Crippen LogP contribution >= 0.6 is 0 Å². The number of ether oxygens (including phenoxy) is 4. The number of nitrogens with two attached hydrogens (primary N) is 4. The third kappa shape index (κ3) is 9.11. The van der Waals surface area contributed by atoms with Crippen molar-refractivity contribution in [2.75, 3.05) is 13.7 Å². The summed E-state index contributed by atoms with van der Waals surface area (Å²) in [6.07, 6.45) is -17.3. The number of rotatable bonds is 9. The van der Waals surface area contributed by atoms with Gasteiger partial charge in [0.05, 0.1) is 18.8 Å². The van der Waals surface area contributed by atoms with Gasteiger partial charge in [-0.2, -0.15) is 8.42 Å². The largest absolute Gasteiger partial charge is 0.394 e.